The average molecular weight is 426 g/mol. The molecule has 0 N–H and O–H groups in total. The molecule has 152 valence electrons. The molecule has 2 heterocycles. The monoisotopic (exact) mass is 425 g/mol. The second-order valence-corrected chi connectivity index (χ2v) is 8.91. The molecule has 3 rings (SSSR count). The van der Waals surface area contributed by atoms with Gasteiger partial charge in [-0.1, -0.05) is 0 Å². The molecule has 1 saturated heterocycles. The summed E-state index contributed by atoms with van der Waals surface area (Å²) in [5.74, 6) is 0.261. The molecule has 1 aromatic carbocycles. The first kappa shape index (κ1) is 20.8. The predicted molar refractivity (Wildman–Crippen MR) is 105 cm³/mol. The van der Waals surface area contributed by atoms with Crippen molar-refractivity contribution in [2.75, 3.05) is 39.5 Å². The first-order chi connectivity index (χ1) is 13.6. The molecule has 0 bridgehead atoms. The summed E-state index contributed by atoms with van der Waals surface area (Å²) >= 11 is 1.60. The lowest BCUT2D eigenvalue weighted by Crippen LogP contribution is -2.40. The maximum atomic E-state index is 12.6. The van der Waals surface area contributed by atoms with Crippen LogP contribution in [-0.2, 0) is 30.7 Å². The van der Waals surface area contributed by atoms with Crippen molar-refractivity contribution in [3.63, 3.8) is 0 Å². The lowest BCUT2D eigenvalue weighted by Gasteiger charge is -2.26. The van der Waals surface area contributed by atoms with Gasteiger partial charge in [-0.2, -0.15) is 15.6 Å². The Kier molecular flexibility index (Phi) is 7.43. The zero-order valence-corrected chi connectivity index (χ0v) is 17.0. The molecule has 0 aliphatic carbocycles. The summed E-state index contributed by atoms with van der Waals surface area (Å²) in [5.41, 5.74) is 1.13. The van der Waals surface area contributed by atoms with Crippen molar-refractivity contribution in [3.05, 3.63) is 46.7 Å². The number of morpholine rings is 1. The van der Waals surface area contributed by atoms with Crippen LogP contribution >= 0.6 is 11.3 Å². The molecule has 9 heteroatoms. The molecule has 0 saturated carbocycles. The summed E-state index contributed by atoms with van der Waals surface area (Å²) in [7, 11) is -3.51. The van der Waals surface area contributed by atoms with Crippen molar-refractivity contribution in [2.45, 2.75) is 17.7 Å². The lowest BCUT2D eigenvalue weighted by atomic mass is 10.2. The Labute approximate surface area is 168 Å². The van der Waals surface area contributed by atoms with E-state index in [1.807, 2.05) is 16.8 Å². The third-order valence-electron chi connectivity index (χ3n) is 4.24. The number of thiophene rings is 1. The Balaban J connectivity index is 1.40. The van der Waals surface area contributed by atoms with E-state index in [4.69, 9.17) is 14.2 Å². The van der Waals surface area contributed by atoms with Gasteiger partial charge in [0.15, 0.2) is 0 Å². The van der Waals surface area contributed by atoms with Crippen LogP contribution in [-0.4, -0.2) is 58.2 Å². The Morgan fingerprint density at radius 3 is 2.54 bits per heavy atom. The van der Waals surface area contributed by atoms with Crippen molar-refractivity contribution in [3.8, 4) is 5.75 Å². The molecule has 1 aliphatic heterocycles. The van der Waals surface area contributed by atoms with Gasteiger partial charge in [0.05, 0.1) is 18.1 Å². The zero-order valence-electron chi connectivity index (χ0n) is 15.4. The summed E-state index contributed by atoms with van der Waals surface area (Å²) in [6.07, 6.45) is 1.01. The minimum Gasteiger partial charge on any atom is -0.490 e. The lowest BCUT2D eigenvalue weighted by molar-refractivity contribution is -0.144. The van der Waals surface area contributed by atoms with E-state index in [-0.39, 0.29) is 24.1 Å². The Hall–Kier alpha value is -1.94. The normalized spacial score (nSPS) is 15.3. The third-order valence-corrected chi connectivity index (χ3v) is 6.89. The van der Waals surface area contributed by atoms with Crippen molar-refractivity contribution in [2.24, 2.45) is 0 Å². The van der Waals surface area contributed by atoms with Crippen molar-refractivity contribution in [1.29, 1.82) is 0 Å². The number of rotatable bonds is 9. The van der Waals surface area contributed by atoms with E-state index in [2.05, 4.69) is 0 Å². The molecule has 7 nitrogen and oxygen atoms in total. The standard InChI is InChI=1S/C19H23NO6S2/c21-19(6-1-16-7-14-27-15-16)26-13-12-25-17-2-4-18(5-3-17)28(22,23)20-8-10-24-11-9-20/h2-5,7,14-15H,1,6,8-13H2. The van der Waals surface area contributed by atoms with Gasteiger partial charge in [0, 0.05) is 19.5 Å². The van der Waals surface area contributed by atoms with E-state index in [0.29, 0.717) is 44.9 Å². The number of carbonyl (C=O) groups is 1. The van der Waals surface area contributed by atoms with Crippen LogP contribution in [0, 0.1) is 0 Å². The van der Waals surface area contributed by atoms with E-state index >= 15 is 0 Å². The molecule has 1 aromatic heterocycles. The van der Waals surface area contributed by atoms with Crippen LogP contribution in [0.15, 0.2) is 46.0 Å². The van der Waals surface area contributed by atoms with Gasteiger partial charge >= 0.3 is 5.97 Å². The van der Waals surface area contributed by atoms with Crippen LogP contribution in [0.25, 0.3) is 0 Å². The van der Waals surface area contributed by atoms with Gasteiger partial charge < -0.3 is 14.2 Å². The van der Waals surface area contributed by atoms with Crippen LogP contribution < -0.4 is 4.74 Å². The zero-order chi connectivity index (χ0) is 19.8. The maximum Gasteiger partial charge on any atom is 0.306 e. The van der Waals surface area contributed by atoms with Crippen LogP contribution in [0.3, 0.4) is 0 Å². The second-order valence-electron chi connectivity index (χ2n) is 6.19. The topological polar surface area (TPSA) is 82.1 Å². The maximum absolute atomic E-state index is 12.6. The van der Waals surface area contributed by atoms with Gasteiger partial charge in [0.2, 0.25) is 10.0 Å². The number of hydrogen-bond acceptors (Lipinski definition) is 7. The highest BCUT2D eigenvalue weighted by Crippen LogP contribution is 2.20. The summed E-state index contributed by atoms with van der Waals surface area (Å²) in [6.45, 7) is 1.89. The molecule has 0 radical (unpaired) electrons. The smallest absolute Gasteiger partial charge is 0.306 e. The number of esters is 1. The molecule has 2 aromatic rings. The quantitative estimate of drug-likeness (QED) is 0.453. The predicted octanol–water partition coefficient (Wildman–Crippen LogP) is 2.32. The van der Waals surface area contributed by atoms with Gasteiger partial charge in [-0.05, 0) is 53.1 Å². The van der Waals surface area contributed by atoms with Crippen LogP contribution in [0.2, 0.25) is 0 Å². The van der Waals surface area contributed by atoms with Crippen molar-refractivity contribution >= 4 is 27.3 Å². The highest BCUT2D eigenvalue weighted by Gasteiger charge is 2.26. The fourth-order valence-corrected chi connectivity index (χ4v) is 4.82. The Morgan fingerprint density at radius 1 is 1.11 bits per heavy atom. The Bertz CT molecular complexity index is 843. The number of carbonyl (C=O) groups excluding carboxylic acids is 1. The first-order valence-electron chi connectivity index (χ1n) is 9.03. The van der Waals surface area contributed by atoms with Gasteiger partial charge in [-0.25, -0.2) is 8.42 Å². The van der Waals surface area contributed by atoms with E-state index in [1.165, 1.54) is 16.4 Å². The number of benzene rings is 1. The van der Waals surface area contributed by atoms with E-state index < -0.39 is 10.0 Å². The average Bonchev–Trinajstić information content (AvgIpc) is 3.24. The molecule has 0 unspecified atom stereocenters. The first-order valence-corrected chi connectivity index (χ1v) is 11.4. The fourth-order valence-electron chi connectivity index (χ4n) is 2.71. The Morgan fingerprint density at radius 2 is 1.86 bits per heavy atom. The highest BCUT2D eigenvalue weighted by molar-refractivity contribution is 7.89. The number of nitrogens with zero attached hydrogens (tertiary/aromatic N) is 1. The second kappa shape index (κ2) is 10.0. The highest BCUT2D eigenvalue weighted by atomic mass is 32.2. The van der Waals surface area contributed by atoms with Crippen LogP contribution in [0.1, 0.15) is 12.0 Å². The van der Waals surface area contributed by atoms with E-state index in [1.54, 1.807) is 23.5 Å². The van der Waals surface area contributed by atoms with Crippen molar-refractivity contribution in [1.82, 2.24) is 4.31 Å². The van der Waals surface area contributed by atoms with Crippen molar-refractivity contribution < 1.29 is 27.4 Å². The number of sulfonamides is 1. The van der Waals surface area contributed by atoms with E-state index in [9.17, 15) is 13.2 Å². The molecule has 28 heavy (non-hydrogen) atoms. The molecule has 1 aliphatic rings. The molecule has 0 spiro atoms. The molecular formula is C19H23NO6S2. The number of aryl methyl sites for hydroxylation is 1. The molecule has 1 fully saturated rings. The summed E-state index contributed by atoms with van der Waals surface area (Å²) < 4.78 is 42.4. The van der Waals surface area contributed by atoms with Crippen LogP contribution in [0.4, 0.5) is 0 Å². The summed E-state index contributed by atoms with van der Waals surface area (Å²) in [4.78, 5) is 11.9. The summed E-state index contributed by atoms with van der Waals surface area (Å²) in [5, 5.41) is 3.99. The number of hydrogen-bond donors (Lipinski definition) is 0. The minimum absolute atomic E-state index is 0.149. The van der Waals surface area contributed by atoms with Gasteiger partial charge in [0.1, 0.15) is 19.0 Å². The SMILES string of the molecule is O=C(CCc1ccsc1)OCCOc1ccc(S(=O)(=O)N2CCOCC2)cc1. The molecule has 0 amide bonds. The van der Waals surface area contributed by atoms with E-state index in [0.717, 1.165) is 5.56 Å². The third kappa shape index (κ3) is 5.78. The van der Waals surface area contributed by atoms with Gasteiger partial charge in [0.25, 0.3) is 0 Å². The molecule has 0 atom stereocenters. The number of ether oxygens (including phenoxy) is 3. The minimum atomic E-state index is -3.51. The fraction of sp³-hybridized carbons (Fsp3) is 0.421. The van der Waals surface area contributed by atoms with Gasteiger partial charge in [-0.3, -0.25) is 4.79 Å². The van der Waals surface area contributed by atoms with Crippen LogP contribution in [0.5, 0.6) is 5.75 Å². The largest absolute Gasteiger partial charge is 0.490 e. The summed E-state index contributed by atoms with van der Waals surface area (Å²) in [6, 6.07) is 8.24. The molecular weight excluding hydrogens is 402 g/mol. The van der Waals surface area contributed by atoms with Gasteiger partial charge in [-0.15, -0.1) is 0 Å².